The SMILES string of the molecule is O=C(CCn1cncn1)NC(CO)Cc1ccccc1. The van der Waals surface area contributed by atoms with E-state index in [-0.39, 0.29) is 18.6 Å². The van der Waals surface area contributed by atoms with E-state index in [1.54, 1.807) is 11.0 Å². The summed E-state index contributed by atoms with van der Waals surface area (Å²) in [4.78, 5) is 15.6. The summed E-state index contributed by atoms with van der Waals surface area (Å²) in [6, 6.07) is 9.51. The summed E-state index contributed by atoms with van der Waals surface area (Å²) in [5, 5.41) is 16.1. The second kappa shape index (κ2) is 7.40. The second-order valence-corrected chi connectivity index (χ2v) is 4.55. The number of aryl methyl sites for hydroxylation is 1. The molecule has 1 amide bonds. The summed E-state index contributed by atoms with van der Waals surface area (Å²) < 4.78 is 1.60. The fourth-order valence-electron chi connectivity index (χ4n) is 1.92. The topological polar surface area (TPSA) is 80.0 Å². The molecule has 2 aromatic rings. The predicted octanol–water partition coefficient (Wildman–Crippen LogP) is 0.388. The molecule has 1 heterocycles. The minimum atomic E-state index is -0.263. The zero-order chi connectivity index (χ0) is 14.2. The molecule has 1 unspecified atom stereocenters. The highest BCUT2D eigenvalue weighted by molar-refractivity contribution is 5.76. The van der Waals surface area contributed by atoms with Crippen LogP contribution in [0, 0.1) is 0 Å². The monoisotopic (exact) mass is 274 g/mol. The van der Waals surface area contributed by atoms with Crippen molar-refractivity contribution in [3.63, 3.8) is 0 Å². The number of carbonyl (C=O) groups excluding carboxylic acids is 1. The van der Waals surface area contributed by atoms with Gasteiger partial charge in [-0.3, -0.25) is 9.48 Å². The molecule has 0 aliphatic rings. The molecule has 0 aliphatic carbocycles. The van der Waals surface area contributed by atoms with Crippen molar-refractivity contribution in [2.45, 2.75) is 25.4 Å². The molecule has 6 nitrogen and oxygen atoms in total. The number of benzene rings is 1. The highest BCUT2D eigenvalue weighted by Crippen LogP contribution is 2.03. The number of nitrogens with zero attached hydrogens (tertiary/aromatic N) is 3. The lowest BCUT2D eigenvalue weighted by atomic mass is 10.1. The quantitative estimate of drug-likeness (QED) is 0.765. The second-order valence-electron chi connectivity index (χ2n) is 4.55. The Morgan fingerprint density at radius 1 is 1.35 bits per heavy atom. The Labute approximate surface area is 117 Å². The summed E-state index contributed by atoms with van der Waals surface area (Å²) in [6.07, 6.45) is 3.94. The van der Waals surface area contributed by atoms with E-state index < -0.39 is 0 Å². The van der Waals surface area contributed by atoms with Crippen molar-refractivity contribution < 1.29 is 9.90 Å². The Morgan fingerprint density at radius 2 is 2.15 bits per heavy atom. The lowest BCUT2D eigenvalue weighted by Crippen LogP contribution is -2.39. The van der Waals surface area contributed by atoms with Crippen LogP contribution in [-0.4, -0.2) is 38.4 Å². The third kappa shape index (κ3) is 4.47. The van der Waals surface area contributed by atoms with Gasteiger partial charge in [0, 0.05) is 6.42 Å². The molecular weight excluding hydrogens is 256 g/mol. The molecule has 0 saturated carbocycles. The van der Waals surface area contributed by atoms with E-state index in [0.717, 1.165) is 5.56 Å². The summed E-state index contributed by atoms with van der Waals surface area (Å²) >= 11 is 0. The average Bonchev–Trinajstić information content (AvgIpc) is 2.99. The van der Waals surface area contributed by atoms with Gasteiger partial charge >= 0.3 is 0 Å². The van der Waals surface area contributed by atoms with Crippen LogP contribution in [0.4, 0.5) is 0 Å². The Bertz CT molecular complexity index is 513. The van der Waals surface area contributed by atoms with Crippen LogP contribution in [-0.2, 0) is 17.8 Å². The van der Waals surface area contributed by atoms with Crippen molar-refractivity contribution in [1.82, 2.24) is 20.1 Å². The summed E-state index contributed by atoms with van der Waals surface area (Å²) in [5.74, 6) is -0.101. The molecule has 2 N–H and O–H groups in total. The Kier molecular flexibility index (Phi) is 5.25. The fourth-order valence-corrected chi connectivity index (χ4v) is 1.92. The number of carbonyl (C=O) groups is 1. The largest absolute Gasteiger partial charge is 0.394 e. The Balaban J connectivity index is 1.79. The number of amides is 1. The number of aliphatic hydroxyl groups is 1. The first-order valence-electron chi connectivity index (χ1n) is 6.54. The number of nitrogens with one attached hydrogen (secondary N) is 1. The molecule has 0 saturated heterocycles. The van der Waals surface area contributed by atoms with Crippen molar-refractivity contribution in [3.05, 3.63) is 48.5 Å². The van der Waals surface area contributed by atoms with Crippen LogP contribution >= 0.6 is 0 Å². The van der Waals surface area contributed by atoms with Gasteiger partial charge in [0.1, 0.15) is 12.7 Å². The molecule has 0 radical (unpaired) electrons. The van der Waals surface area contributed by atoms with E-state index >= 15 is 0 Å². The van der Waals surface area contributed by atoms with Crippen molar-refractivity contribution >= 4 is 5.91 Å². The van der Waals surface area contributed by atoms with E-state index in [1.807, 2.05) is 30.3 Å². The first-order valence-corrected chi connectivity index (χ1v) is 6.54. The fraction of sp³-hybridized carbons (Fsp3) is 0.357. The van der Waals surface area contributed by atoms with Crippen LogP contribution in [0.1, 0.15) is 12.0 Å². The van der Waals surface area contributed by atoms with Gasteiger partial charge < -0.3 is 10.4 Å². The van der Waals surface area contributed by atoms with Crippen LogP contribution in [0.25, 0.3) is 0 Å². The third-order valence-electron chi connectivity index (χ3n) is 2.94. The van der Waals surface area contributed by atoms with Gasteiger partial charge in [0.05, 0.1) is 19.2 Å². The molecule has 106 valence electrons. The maximum atomic E-state index is 11.8. The van der Waals surface area contributed by atoms with Crippen LogP contribution < -0.4 is 5.32 Å². The zero-order valence-corrected chi connectivity index (χ0v) is 11.1. The zero-order valence-electron chi connectivity index (χ0n) is 11.1. The van der Waals surface area contributed by atoms with Crippen LogP contribution in [0.15, 0.2) is 43.0 Å². The standard InChI is InChI=1S/C14H18N4O2/c19-9-13(8-12-4-2-1-3-5-12)17-14(20)6-7-18-11-15-10-16-18/h1-5,10-11,13,19H,6-9H2,(H,17,20). The lowest BCUT2D eigenvalue weighted by molar-refractivity contribution is -0.122. The van der Waals surface area contributed by atoms with Crippen molar-refractivity contribution in [2.75, 3.05) is 6.61 Å². The summed E-state index contributed by atoms with van der Waals surface area (Å²) in [7, 11) is 0. The lowest BCUT2D eigenvalue weighted by Gasteiger charge is -2.16. The van der Waals surface area contributed by atoms with Gasteiger partial charge in [0.25, 0.3) is 0 Å². The minimum absolute atomic E-state index is 0.0794. The number of hydrogen-bond acceptors (Lipinski definition) is 4. The molecule has 1 aromatic carbocycles. The van der Waals surface area contributed by atoms with Crippen molar-refractivity contribution in [1.29, 1.82) is 0 Å². The molecule has 0 bridgehead atoms. The molecule has 1 aromatic heterocycles. The summed E-state index contributed by atoms with van der Waals surface area (Å²) in [6.45, 7) is 0.402. The molecule has 20 heavy (non-hydrogen) atoms. The van der Waals surface area contributed by atoms with E-state index in [0.29, 0.717) is 19.4 Å². The molecule has 0 aliphatic heterocycles. The van der Waals surface area contributed by atoms with E-state index in [9.17, 15) is 9.90 Å². The molecule has 0 fully saturated rings. The first kappa shape index (κ1) is 14.2. The van der Waals surface area contributed by atoms with Gasteiger partial charge in [-0.25, -0.2) is 4.98 Å². The summed E-state index contributed by atoms with van der Waals surface area (Å²) in [5.41, 5.74) is 1.09. The molecule has 0 spiro atoms. The maximum absolute atomic E-state index is 11.8. The molecular formula is C14H18N4O2. The highest BCUT2D eigenvalue weighted by Gasteiger charge is 2.12. The van der Waals surface area contributed by atoms with Crippen LogP contribution in [0.5, 0.6) is 0 Å². The van der Waals surface area contributed by atoms with Gasteiger partial charge in [0.15, 0.2) is 0 Å². The van der Waals surface area contributed by atoms with Crippen molar-refractivity contribution in [2.24, 2.45) is 0 Å². The van der Waals surface area contributed by atoms with Gasteiger partial charge in [0.2, 0.25) is 5.91 Å². The number of aromatic nitrogens is 3. The van der Waals surface area contributed by atoms with Crippen LogP contribution in [0.3, 0.4) is 0 Å². The normalized spacial score (nSPS) is 12.1. The predicted molar refractivity (Wildman–Crippen MR) is 73.8 cm³/mol. The number of rotatable bonds is 7. The highest BCUT2D eigenvalue weighted by atomic mass is 16.3. The van der Waals surface area contributed by atoms with Gasteiger partial charge in [-0.1, -0.05) is 30.3 Å². The molecule has 2 rings (SSSR count). The first-order chi connectivity index (χ1) is 9.78. The minimum Gasteiger partial charge on any atom is -0.394 e. The number of aliphatic hydroxyl groups excluding tert-OH is 1. The van der Waals surface area contributed by atoms with Gasteiger partial charge in [-0.15, -0.1) is 0 Å². The van der Waals surface area contributed by atoms with Gasteiger partial charge in [-0.05, 0) is 12.0 Å². The molecule has 1 atom stereocenters. The van der Waals surface area contributed by atoms with E-state index in [1.165, 1.54) is 6.33 Å². The van der Waals surface area contributed by atoms with Crippen LogP contribution in [0.2, 0.25) is 0 Å². The third-order valence-corrected chi connectivity index (χ3v) is 2.94. The Morgan fingerprint density at radius 3 is 2.80 bits per heavy atom. The maximum Gasteiger partial charge on any atom is 0.222 e. The smallest absolute Gasteiger partial charge is 0.222 e. The average molecular weight is 274 g/mol. The van der Waals surface area contributed by atoms with E-state index in [4.69, 9.17) is 0 Å². The molecule has 6 heteroatoms. The Hall–Kier alpha value is -2.21. The number of hydrogen-bond donors (Lipinski definition) is 2. The van der Waals surface area contributed by atoms with E-state index in [2.05, 4.69) is 15.4 Å². The van der Waals surface area contributed by atoms with Gasteiger partial charge in [-0.2, -0.15) is 5.10 Å². The van der Waals surface area contributed by atoms with Crippen molar-refractivity contribution in [3.8, 4) is 0 Å².